The molecule has 1 aromatic carbocycles. The van der Waals surface area contributed by atoms with E-state index in [9.17, 15) is 9.59 Å². The fourth-order valence-corrected chi connectivity index (χ4v) is 4.67. The first-order chi connectivity index (χ1) is 16.0. The van der Waals surface area contributed by atoms with E-state index in [0.29, 0.717) is 11.5 Å². The summed E-state index contributed by atoms with van der Waals surface area (Å²) in [5.74, 6) is 0.481. The van der Waals surface area contributed by atoms with E-state index in [-0.39, 0.29) is 23.6 Å². The maximum Gasteiger partial charge on any atom is 0.270 e. The van der Waals surface area contributed by atoms with Crippen molar-refractivity contribution in [2.24, 2.45) is 0 Å². The molecule has 1 fully saturated rings. The fourth-order valence-electron chi connectivity index (χ4n) is 4.67. The zero-order valence-electron chi connectivity index (χ0n) is 18.7. The van der Waals surface area contributed by atoms with Crippen molar-refractivity contribution in [3.63, 3.8) is 0 Å². The quantitative estimate of drug-likeness (QED) is 0.522. The van der Waals surface area contributed by atoms with Crippen molar-refractivity contribution in [2.75, 3.05) is 0 Å². The van der Waals surface area contributed by atoms with Crippen molar-refractivity contribution >= 4 is 16.7 Å². The van der Waals surface area contributed by atoms with Gasteiger partial charge >= 0.3 is 0 Å². The summed E-state index contributed by atoms with van der Waals surface area (Å²) in [6.45, 7) is 3.90. The molecule has 3 heterocycles. The Morgan fingerprint density at radius 2 is 1.79 bits per heavy atom. The highest BCUT2D eigenvalue weighted by molar-refractivity contribution is 6.05. The molecule has 1 aliphatic rings. The topological polar surface area (TPSA) is 94.7 Å². The second kappa shape index (κ2) is 8.61. The first-order valence-corrected chi connectivity index (χ1v) is 11.3. The molecule has 1 amide bonds. The molecule has 168 valence electrons. The Balaban J connectivity index is 1.28. The fraction of sp³-hybridized carbons (Fsp3) is 0.320. The summed E-state index contributed by atoms with van der Waals surface area (Å²) in [5, 5.41) is 14.1. The van der Waals surface area contributed by atoms with E-state index in [1.165, 1.54) is 0 Å². The van der Waals surface area contributed by atoms with Crippen LogP contribution < -0.4 is 10.9 Å². The molecule has 5 rings (SSSR count). The monoisotopic (exact) mass is 442 g/mol. The summed E-state index contributed by atoms with van der Waals surface area (Å²) in [5.41, 5.74) is 2.21. The van der Waals surface area contributed by atoms with Crippen LogP contribution >= 0.6 is 0 Å². The number of hydrogen-bond donors (Lipinski definition) is 1. The number of carbonyl (C=O) groups is 1. The summed E-state index contributed by atoms with van der Waals surface area (Å²) >= 11 is 0. The van der Waals surface area contributed by atoms with Crippen LogP contribution in [0.1, 0.15) is 53.6 Å². The van der Waals surface area contributed by atoms with Gasteiger partial charge in [0, 0.05) is 29.4 Å². The highest BCUT2D eigenvalue weighted by atomic mass is 16.2. The van der Waals surface area contributed by atoms with Crippen molar-refractivity contribution in [1.29, 1.82) is 0 Å². The summed E-state index contributed by atoms with van der Waals surface area (Å²) < 4.78 is 3.34. The molecular weight excluding hydrogens is 416 g/mol. The van der Waals surface area contributed by atoms with Gasteiger partial charge in [0.2, 0.25) is 0 Å². The number of nitrogens with zero attached hydrogens (tertiary/aromatic N) is 5. The van der Waals surface area contributed by atoms with Crippen molar-refractivity contribution in [1.82, 2.24) is 29.9 Å². The molecule has 0 spiro atoms. The highest BCUT2D eigenvalue weighted by Gasteiger charge is 2.26. The predicted molar refractivity (Wildman–Crippen MR) is 126 cm³/mol. The van der Waals surface area contributed by atoms with E-state index >= 15 is 0 Å². The minimum atomic E-state index is -0.155. The standard InChI is InChI=1S/C25H26N6O2/c1-16-15-17(2)30(28-16)22-11-12-23(32)31(29-22)20-9-7-19(8-10-20)27-25(33)24-21-6-4-3-5-18(21)13-14-26-24/h3-6,11-15,19-20H,7-10H2,1-2H3,(H,27,33). The Bertz CT molecular complexity index is 1380. The van der Waals surface area contributed by atoms with E-state index in [1.807, 2.05) is 50.2 Å². The summed E-state index contributed by atoms with van der Waals surface area (Å²) in [4.78, 5) is 29.8. The SMILES string of the molecule is Cc1cc(C)n(-c2ccc(=O)n(C3CCC(NC(=O)c4nccc5ccccc45)CC3)n2)n1. The molecule has 0 saturated heterocycles. The lowest BCUT2D eigenvalue weighted by atomic mass is 9.91. The van der Waals surface area contributed by atoms with Gasteiger partial charge in [0.15, 0.2) is 5.82 Å². The Hall–Kier alpha value is -3.81. The van der Waals surface area contributed by atoms with E-state index in [2.05, 4.69) is 20.5 Å². The number of pyridine rings is 1. The van der Waals surface area contributed by atoms with Crippen LogP contribution in [-0.4, -0.2) is 36.5 Å². The molecule has 33 heavy (non-hydrogen) atoms. The van der Waals surface area contributed by atoms with E-state index in [1.54, 1.807) is 27.7 Å². The molecular formula is C25H26N6O2. The predicted octanol–water partition coefficient (Wildman–Crippen LogP) is 3.51. The van der Waals surface area contributed by atoms with E-state index in [4.69, 9.17) is 0 Å². The van der Waals surface area contributed by atoms with Gasteiger partial charge in [-0.3, -0.25) is 14.6 Å². The normalized spacial score (nSPS) is 18.4. The van der Waals surface area contributed by atoms with Crippen molar-refractivity contribution in [3.8, 4) is 5.82 Å². The number of hydrogen-bond acceptors (Lipinski definition) is 5. The Morgan fingerprint density at radius 3 is 2.55 bits per heavy atom. The first kappa shape index (κ1) is 21.1. The average Bonchev–Trinajstić information content (AvgIpc) is 3.17. The van der Waals surface area contributed by atoms with Gasteiger partial charge in [-0.15, -0.1) is 5.10 Å². The molecule has 0 bridgehead atoms. The molecule has 8 heteroatoms. The first-order valence-electron chi connectivity index (χ1n) is 11.3. The summed E-state index contributed by atoms with van der Waals surface area (Å²) in [7, 11) is 0. The number of benzene rings is 1. The van der Waals surface area contributed by atoms with Crippen LogP contribution in [-0.2, 0) is 0 Å². The Labute approximate surface area is 191 Å². The van der Waals surface area contributed by atoms with Gasteiger partial charge in [-0.05, 0) is 63.1 Å². The average molecular weight is 443 g/mol. The number of aromatic nitrogens is 5. The number of fused-ring (bicyclic) bond motifs is 1. The third-order valence-corrected chi connectivity index (χ3v) is 6.30. The van der Waals surface area contributed by atoms with Crippen LogP contribution in [0.2, 0.25) is 0 Å². The Kier molecular flexibility index (Phi) is 5.50. The summed E-state index contributed by atoms with van der Waals surface area (Å²) in [6.07, 6.45) is 4.75. The lowest BCUT2D eigenvalue weighted by molar-refractivity contribution is 0.0918. The van der Waals surface area contributed by atoms with Crippen LogP contribution in [0, 0.1) is 13.8 Å². The highest BCUT2D eigenvalue weighted by Crippen LogP contribution is 2.27. The molecule has 4 aromatic rings. The van der Waals surface area contributed by atoms with Gasteiger partial charge in [0.05, 0.1) is 11.7 Å². The van der Waals surface area contributed by atoms with Crippen LogP contribution in [0.25, 0.3) is 16.6 Å². The number of nitrogens with one attached hydrogen (secondary N) is 1. The zero-order chi connectivity index (χ0) is 22.9. The number of carbonyl (C=O) groups excluding carboxylic acids is 1. The molecule has 0 unspecified atom stereocenters. The minimum Gasteiger partial charge on any atom is -0.348 e. The zero-order valence-corrected chi connectivity index (χ0v) is 18.7. The maximum absolute atomic E-state index is 12.9. The number of rotatable bonds is 4. The molecule has 3 aromatic heterocycles. The molecule has 0 radical (unpaired) electrons. The van der Waals surface area contributed by atoms with E-state index in [0.717, 1.165) is 47.8 Å². The molecule has 1 saturated carbocycles. The van der Waals surface area contributed by atoms with Crippen molar-refractivity contribution in [2.45, 2.75) is 51.6 Å². The number of aryl methyl sites for hydroxylation is 2. The lowest BCUT2D eigenvalue weighted by Gasteiger charge is -2.29. The molecule has 8 nitrogen and oxygen atoms in total. The van der Waals surface area contributed by atoms with Gasteiger partial charge in [-0.25, -0.2) is 9.36 Å². The van der Waals surface area contributed by atoms with Crippen LogP contribution in [0.3, 0.4) is 0 Å². The van der Waals surface area contributed by atoms with Gasteiger partial charge < -0.3 is 5.32 Å². The maximum atomic E-state index is 12.9. The smallest absolute Gasteiger partial charge is 0.270 e. The third kappa shape index (κ3) is 4.16. The van der Waals surface area contributed by atoms with Gasteiger partial charge in [-0.2, -0.15) is 5.10 Å². The largest absolute Gasteiger partial charge is 0.348 e. The van der Waals surface area contributed by atoms with Crippen molar-refractivity contribution in [3.05, 3.63) is 82.2 Å². The van der Waals surface area contributed by atoms with Gasteiger partial charge in [0.1, 0.15) is 5.69 Å². The second-order valence-corrected chi connectivity index (χ2v) is 8.67. The van der Waals surface area contributed by atoms with Crippen LogP contribution in [0.4, 0.5) is 0 Å². The molecule has 1 aliphatic carbocycles. The number of amides is 1. The second-order valence-electron chi connectivity index (χ2n) is 8.67. The molecule has 1 N–H and O–H groups in total. The van der Waals surface area contributed by atoms with Crippen molar-refractivity contribution < 1.29 is 4.79 Å². The van der Waals surface area contributed by atoms with Crippen LogP contribution in [0.15, 0.2) is 59.5 Å². The van der Waals surface area contributed by atoms with Crippen LogP contribution in [0.5, 0.6) is 0 Å². The minimum absolute atomic E-state index is 0.00162. The Morgan fingerprint density at radius 1 is 1.00 bits per heavy atom. The molecule has 0 atom stereocenters. The molecule has 0 aliphatic heterocycles. The van der Waals surface area contributed by atoms with Gasteiger partial charge in [-0.1, -0.05) is 24.3 Å². The van der Waals surface area contributed by atoms with Gasteiger partial charge in [0.25, 0.3) is 11.5 Å². The third-order valence-electron chi connectivity index (χ3n) is 6.30. The van der Waals surface area contributed by atoms with E-state index < -0.39 is 0 Å². The lowest BCUT2D eigenvalue weighted by Crippen LogP contribution is -2.40. The summed E-state index contributed by atoms with van der Waals surface area (Å²) in [6, 6.07) is 15.0.